The monoisotopic (exact) mass is 141 g/mol. The number of benzene rings is 1. The fourth-order valence-electron chi connectivity index (χ4n) is 0.750. The van der Waals surface area contributed by atoms with E-state index in [1.807, 2.05) is 0 Å². The molecular formula is C8H7F2. The van der Waals surface area contributed by atoms with E-state index in [0.717, 1.165) is 12.1 Å². The molecule has 0 saturated carbocycles. The summed E-state index contributed by atoms with van der Waals surface area (Å²) < 4.78 is 24.9. The molecule has 1 radical (unpaired) electrons. The van der Waals surface area contributed by atoms with Crippen molar-refractivity contribution in [3.8, 4) is 0 Å². The molecule has 0 aliphatic heterocycles. The quantitative estimate of drug-likeness (QED) is 0.563. The lowest BCUT2D eigenvalue weighted by Gasteiger charge is -1.96. The van der Waals surface area contributed by atoms with Crippen molar-refractivity contribution >= 4 is 0 Å². The molecule has 0 nitrogen and oxygen atoms in total. The minimum atomic E-state index is -0.502. The van der Waals surface area contributed by atoms with Crippen LogP contribution in [0.2, 0.25) is 0 Å². The highest BCUT2D eigenvalue weighted by atomic mass is 19.1. The first-order valence-corrected chi connectivity index (χ1v) is 3.10. The summed E-state index contributed by atoms with van der Waals surface area (Å²) in [7, 11) is 0. The summed E-state index contributed by atoms with van der Waals surface area (Å²) in [6, 6.07) is 4.46. The van der Waals surface area contributed by atoms with Crippen LogP contribution in [0.25, 0.3) is 0 Å². The lowest BCUT2D eigenvalue weighted by atomic mass is 10.1. The lowest BCUT2D eigenvalue weighted by molar-refractivity contribution is 0.585. The Kier molecular flexibility index (Phi) is 2.00. The van der Waals surface area contributed by atoms with Gasteiger partial charge in [0, 0.05) is 6.07 Å². The summed E-state index contributed by atoms with van der Waals surface area (Å²) in [5, 5.41) is 0. The largest absolute Gasteiger partial charge is 0.207 e. The maximum absolute atomic E-state index is 12.6. The van der Waals surface area contributed by atoms with Crippen molar-refractivity contribution < 1.29 is 8.78 Å². The highest BCUT2D eigenvalue weighted by Crippen LogP contribution is 2.08. The predicted octanol–water partition coefficient (Wildman–Crippen LogP) is 2.33. The van der Waals surface area contributed by atoms with Gasteiger partial charge in [0.25, 0.3) is 0 Å². The Bertz CT molecular complexity index is 231. The molecule has 10 heavy (non-hydrogen) atoms. The molecular weight excluding hydrogens is 134 g/mol. The van der Waals surface area contributed by atoms with Crippen LogP contribution in [0.3, 0.4) is 0 Å². The smallest absolute Gasteiger partial charge is 0.131 e. The standard InChI is InChI=1S/C8H7F2/c1-2-6-5-7(9)3-4-8(6)10/h3-4H,2H2,1H3. The third-order valence-electron chi connectivity index (χ3n) is 1.29. The molecule has 1 aromatic rings. The topological polar surface area (TPSA) is 0 Å². The molecule has 0 fully saturated rings. The van der Waals surface area contributed by atoms with Crippen LogP contribution in [0.4, 0.5) is 8.78 Å². The van der Waals surface area contributed by atoms with Crippen LogP contribution in [0.5, 0.6) is 0 Å². The average molecular weight is 141 g/mol. The first kappa shape index (κ1) is 7.19. The molecule has 0 amide bonds. The zero-order chi connectivity index (χ0) is 7.56. The molecule has 0 aliphatic rings. The molecule has 53 valence electrons. The molecule has 1 aromatic carbocycles. The lowest BCUT2D eigenvalue weighted by Crippen LogP contribution is -1.88. The second-order valence-corrected chi connectivity index (χ2v) is 1.99. The van der Waals surface area contributed by atoms with E-state index in [1.165, 1.54) is 0 Å². The van der Waals surface area contributed by atoms with E-state index in [2.05, 4.69) is 6.07 Å². The summed E-state index contributed by atoms with van der Waals surface area (Å²) in [6.07, 6.45) is 0.476. The summed E-state index contributed by atoms with van der Waals surface area (Å²) in [4.78, 5) is 0. The molecule has 0 heterocycles. The van der Waals surface area contributed by atoms with E-state index in [0.29, 0.717) is 12.0 Å². The summed E-state index contributed by atoms with van der Waals surface area (Å²) in [5.41, 5.74) is 0.306. The van der Waals surface area contributed by atoms with Gasteiger partial charge >= 0.3 is 0 Å². The van der Waals surface area contributed by atoms with E-state index in [4.69, 9.17) is 0 Å². The highest BCUT2D eigenvalue weighted by Gasteiger charge is 2.00. The Morgan fingerprint density at radius 1 is 1.40 bits per heavy atom. The molecule has 0 saturated heterocycles. The number of hydrogen-bond acceptors (Lipinski definition) is 0. The van der Waals surface area contributed by atoms with Gasteiger partial charge in [0.15, 0.2) is 0 Å². The molecule has 1 rings (SSSR count). The van der Waals surface area contributed by atoms with Crippen molar-refractivity contribution in [1.82, 2.24) is 0 Å². The van der Waals surface area contributed by atoms with Crippen molar-refractivity contribution in [2.24, 2.45) is 0 Å². The molecule has 0 aromatic heterocycles. The van der Waals surface area contributed by atoms with E-state index < -0.39 is 5.82 Å². The van der Waals surface area contributed by atoms with Crippen LogP contribution < -0.4 is 0 Å². The number of rotatable bonds is 1. The Hall–Kier alpha value is -0.920. The Morgan fingerprint density at radius 2 is 2.10 bits per heavy atom. The van der Waals surface area contributed by atoms with Crippen LogP contribution >= 0.6 is 0 Å². The van der Waals surface area contributed by atoms with Crippen LogP contribution in [-0.4, -0.2) is 0 Å². The van der Waals surface area contributed by atoms with E-state index in [1.54, 1.807) is 6.92 Å². The van der Waals surface area contributed by atoms with E-state index in [-0.39, 0.29) is 5.82 Å². The molecule has 0 atom stereocenters. The van der Waals surface area contributed by atoms with Gasteiger partial charge in [-0.1, -0.05) is 6.92 Å². The van der Waals surface area contributed by atoms with Crippen LogP contribution in [-0.2, 0) is 6.42 Å². The van der Waals surface area contributed by atoms with Crippen molar-refractivity contribution in [2.45, 2.75) is 13.3 Å². The van der Waals surface area contributed by atoms with Crippen molar-refractivity contribution in [3.63, 3.8) is 0 Å². The normalized spacial score (nSPS) is 9.90. The third-order valence-corrected chi connectivity index (χ3v) is 1.29. The van der Waals surface area contributed by atoms with E-state index >= 15 is 0 Å². The Labute approximate surface area is 58.5 Å². The van der Waals surface area contributed by atoms with Crippen LogP contribution in [0.15, 0.2) is 12.1 Å². The SMILES string of the molecule is CCc1[c]c(F)ccc1F. The molecule has 0 unspecified atom stereocenters. The average Bonchev–Trinajstić information content (AvgIpc) is 1.94. The predicted molar refractivity (Wildman–Crippen MR) is 34.6 cm³/mol. The number of halogens is 2. The minimum Gasteiger partial charge on any atom is -0.207 e. The zero-order valence-electron chi connectivity index (χ0n) is 5.62. The number of aryl methyl sites for hydroxylation is 1. The third kappa shape index (κ3) is 1.32. The van der Waals surface area contributed by atoms with Gasteiger partial charge in [0.05, 0.1) is 0 Å². The van der Waals surface area contributed by atoms with Gasteiger partial charge in [-0.15, -0.1) is 0 Å². The summed E-state index contributed by atoms with van der Waals surface area (Å²) >= 11 is 0. The van der Waals surface area contributed by atoms with Gasteiger partial charge in [-0.2, -0.15) is 0 Å². The summed E-state index contributed by atoms with van der Waals surface area (Å²) in [6.45, 7) is 1.76. The second-order valence-electron chi connectivity index (χ2n) is 1.99. The van der Waals surface area contributed by atoms with Crippen LogP contribution in [0.1, 0.15) is 12.5 Å². The highest BCUT2D eigenvalue weighted by molar-refractivity contribution is 5.16. The van der Waals surface area contributed by atoms with Gasteiger partial charge in [0.1, 0.15) is 11.6 Å². The van der Waals surface area contributed by atoms with Gasteiger partial charge < -0.3 is 0 Å². The molecule has 0 aliphatic carbocycles. The molecule has 0 N–H and O–H groups in total. The fourth-order valence-corrected chi connectivity index (χ4v) is 0.750. The molecule has 0 spiro atoms. The maximum Gasteiger partial charge on any atom is 0.131 e. The summed E-state index contributed by atoms with van der Waals surface area (Å²) in [5.74, 6) is -0.887. The van der Waals surface area contributed by atoms with Crippen molar-refractivity contribution in [1.29, 1.82) is 0 Å². The fraction of sp³-hybridized carbons (Fsp3) is 0.250. The van der Waals surface area contributed by atoms with Gasteiger partial charge in [-0.05, 0) is 24.1 Å². The van der Waals surface area contributed by atoms with Gasteiger partial charge in [-0.25, -0.2) is 8.78 Å². The molecule has 0 bridgehead atoms. The zero-order valence-corrected chi connectivity index (χ0v) is 5.62. The second kappa shape index (κ2) is 2.78. The number of hydrogen-bond donors (Lipinski definition) is 0. The van der Waals surface area contributed by atoms with Crippen molar-refractivity contribution in [3.05, 3.63) is 35.4 Å². The minimum absolute atomic E-state index is 0.306. The van der Waals surface area contributed by atoms with Crippen molar-refractivity contribution in [2.75, 3.05) is 0 Å². The van der Waals surface area contributed by atoms with Gasteiger partial charge in [0.2, 0.25) is 0 Å². The van der Waals surface area contributed by atoms with E-state index in [9.17, 15) is 8.78 Å². The Morgan fingerprint density at radius 3 is 2.60 bits per heavy atom. The van der Waals surface area contributed by atoms with Gasteiger partial charge in [-0.3, -0.25) is 0 Å². The maximum atomic E-state index is 12.6. The molecule has 2 heteroatoms. The first-order chi connectivity index (χ1) is 4.74. The Balaban J connectivity index is 3.09. The van der Waals surface area contributed by atoms with Crippen LogP contribution in [0, 0.1) is 17.7 Å². The first-order valence-electron chi connectivity index (χ1n) is 3.10.